The fourth-order valence-corrected chi connectivity index (χ4v) is 3.70. The largest absolute Gasteiger partial charge is 0.507 e. The van der Waals surface area contributed by atoms with Crippen LogP contribution in [0.3, 0.4) is 0 Å². The first-order chi connectivity index (χ1) is 10.8. The van der Waals surface area contributed by atoms with Gasteiger partial charge >= 0.3 is 0 Å². The van der Waals surface area contributed by atoms with Crippen LogP contribution in [-0.4, -0.2) is 16.7 Å². The van der Waals surface area contributed by atoms with E-state index in [9.17, 15) is 5.11 Å². The van der Waals surface area contributed by atoms with Gasteiger partial charge in [0.15, 0.2) is 0 Å². The SMILES string of the molecule is CC(C)(C)c1cc(CC2(N)CCCCC2N)c(O)c(C(C)(C)C)c1.[Co]. The molecule has 1 aromatic rings. The molecule has 1 radical (unpaired) electrons. The number of rotatable bonds is 2. The molecule has 0 saturated heterocycles. The van der Waals surface area contributed by atoms with Crippen LogP contribution in [0.5, 0.6) is 5.75 Å². The fourth-order valence-electron chi connectivity index (χ4n) is 3.70. The molecule has 0 spiro atoms. The Labute approximate surface area is 164 Å². The molecular weight excluding hydrogens is 355 g/mol. The van der Waals surface area contributed by atoms with Crippen LogP contribution < -0.4 is 11.5 Å². The maximum absolute atomic E-state index is 10.9. The molecule has 1 fully saturated rings. The molecular formula is C21H36CoN2O. The van der Waals surface area contributed by atoms with Crippen molar-refractivity contribution in [2.45, 2.75) is 96.1 Å². The summed E-state index contributed by atoms with van der Waals surface area (Å²) in [5.74, 6) is 0.401. The summed E-state index contributed by atoms with van der Waals surface area (Å²) < 4.78 is 0. The van der Waals surface area contributed by atoms with Crippen molar-refractivity contribution >= 4 is 0 Å². The molecule has 3 nitrogen and oxygen atoms in total. The molecule has 1 aliphatic rings. The molecule has 1 saturated carbocycles. The predicted octanol–water partition coefficient (Wildman–Crippen LogP) is 4.13. The van der Waals surface area contributed by atoms with Crippen molar-refractivity contribution in [2.24, 2.45) is 11.5 Å². The fraction of sp³-hybridized carbons (Fsp3) is 0.714. The van der Waals surface area contributed by atoms with Crippen molar-refractivity contribution in [3.8, 4) is 5.75 Å². The second kappa shape index (κ2) is 7.59. The molecule has 2 rings (SSSR count). The Kier molecular flexibility index (Phi) is 6.83. The number of benzene rings is 1. The zero-order valence-corrected chi connectivity index (χ0v) is 17.7. The quantitative estimate of drug-likeness (QED) is 0.710. The van der Waals surface area contributed by atoms with E-state index in [1.165, 1.54) is 5.56 Å². The summed E-state index contributed by atoms with van der Waals surface area (Å²) in [6, 6.07) is 4.30. The first kappa shape index (κ1) is 22.5. The molecule has 145 valence electrons. The van der Waals surface area contributed by atoms with Crippen molar-refractivity contribution in [1.82, 2.24) is 0 Å². The zero-order chi connectivity index (χ0) is 18.3. The van der Waals surface area contributed by atoms with Crippen molar-refractivity contribution in [3.63, 3.8) is 0 Å². The third-order valence-corrected chi connectivity index (χ3v) is 5.53. The number of nitrogens with two attached hydrogens (primary N) is 2. The second-order valence-corrected chi connectivity index (χ2v) is 9.79. The number of phenols is 1. The summed E-state index contributed by atoms with van der Waals surface area (Å²) in [5.41, 5.74) is 15.7. The molecule has 0 heterocycles. The molecule has 1 aromatic carbocycles. The van der Waals surface area contributed by atoms with Crippen LogP contribution in [0.15, 0.2) is 12.1 Å². The van der Waals surface area contributed by atoms with Crippen molar-refractivity contribution in [2.75, 3.05) is 0 Å². The van der Waals surface area contributed by atoms with Crippen LogP contribution in [0.2, 0.25) is 0 Å². The van der Waals surface area contributed by atoms with Gasteiger partial charge in [0.25, 0.3) is 0 Å². The molecule has 2 atom stereocenters. The first-order valence-corrected chi connectivity index (χ1v) is 9.26. The van der Waals surface area contributed by atoms with Crippen molar-refractivity contribution in [3.05, 3.63) is 28.8 Å². The van der Waals surface area contributed by atoms with Crippen LogP contribution in [0, 0.1) is 0 Å². The van der Waals surface area contributed by atoms with Crippen LogP contribution in [0.25, 0.3) is 0 Å². The Morgan fingerprint density at radius 2 is 1.68 bits per heavy atom. The van der Waals surface area contributed by atoms with Gasteiger partial charge < -0.3 is 16.6 Å². The summed E-state index contributed by atoms with van der Waals surface area (Å²) in [7, 11) is 0. The Balaban J connectivity index is 0.00000312. The molecule has 0 aliphatic heterocycles. The monoisotopic (exact) mass is 391 g/mol. The average Bonchev–Trinajstić information content (AvgIpc) is 2.42. The Bertz CT molecular complexity index is 601. The zero-order valence-electron chi connectivity index (χ0n) is 16.7. The molecule has 0 amide bonds. The van der Waals surface area contributed by atoms with E-state index in [0.29, 0.717) is 12.2 Å². The van der Waals surface area contributed by atoms with Gasteiger partial charge in [-0.3, -0.25) is 0 Å². The maximum Gasteiger partial charge on any atom is 0.122 e. The normalized spacial score (nSPS) is 24.7. The smallest absolute Gasteiger partial charge is 0.122 e. The predicted molar refractivity (Wildman–Crippen MR) is 103 cm³/mol. The number of hydrogen-bond acceptors (Lipinski definition) is 3. The second-order valence-electron chi connectivity index (χ2n) is 9.79. The van der Waals surface area contributed by atoms with E-state index < -0.39 is 5.54 Å². The van der Waals surface area contributed by atoms with E-state index in [-0.39, 0.29) is 33.7 Å². The maximum atomic E-state index is 10.9. The summed E-state index contributed by atoms with van der Waals surface area (Å²) >= 11 is 0. The number of phenolic OH excluding ortho intramolecular Hbond substituents is 1. The third kappa shape index (κ3) is 5.00. The Hall–Kier alpha value is -0.554. The van der Waals surface area contributed by atoms with E-state index in [1.807, 2.05) is 0 Å². The van der Waals surface area contributed by atoms with Gasteiger partial charge in [-0.25, -0.2) is 0 Å². The van der Waals surface area contributed by atoms with Gasteiger partial charge in [0.1, 0.15) is 5.75 Å². The van der Waals surface area contributed by atoms with E-state index in [1.54, 1.807) is 0 Å². The van der Waals surface area contributed by atoms with Gasteiger partial charge in [0, 0.05) is 28.4 Å². The molecule has 1 aliphatic carbocycles. The van der Waals surface area contributed by atoms with Crippen molar-refractivity contribution in [1.29, 1.82) is 0 Å². The average molecular weight is 391 g/mol. The van der Waals surface area contributed by atoms with Crippen LogP contribution >= 0.6 is 0 Å². The Morgan fingerprint density at radius 1 is 1.08 bits per heavy atom. The topological polar surface area (TPSA) is 72.3 Å². The van der Waals surface area contributed by atoms with Gasteiger partial charge in [-0.2, -0.15) is 0 Å². The minimum Gasteiger partial charge on any atom is -0.507 e. The van der Waals surface area contributed by atoms with Gasteiger partial charge in [0.2, 0.25) is 0 Å². The van der Waals surface area contributed by atoms with Crippen molar-refractivity contribution < 1.29 is 21.9 Å². The van der Waals surface area contributed by atoms with Gasteiger partial charge in [-0.15, -0.1) is 0 Å². The summed E-state index contributed by atoms with van der Waals surface area (Å²) in [5, 5.41) is 10.9. The van der Waals surface area contributed by atoms with Crippen LogP contribution in [-0.2, 0) is 34.0 Å². The standard InChI is InChI=1S/C21H36N2O.Co/c1-19(2,3)15-11-14(18(24)16(12-15)20(4,5)6)13-21(23)10-8-7-9-17(21)22;/h11-12,17,24H,7-10,13,22-23H2,1-6H3;. The third-order valence-electron chi connectivity index (χ3n) is 5.53. The van der Waals surface area contributed by atoms with E-state index in [2.05, 4.69) is 53.7 Å². The molecule has 2 unspecified atom stereocenters. The minimum atomic E-state index is -0.415. The molecule has 4 heteroatoms. The van der Waals surface area contributed by atoms with Gasteiger partial charge in [0.05, 0.1) is 0 Å². The molecule has 25 heavy (non-hydrogen) atoms. The summed E-state index contributed by atoms with van der Waals surface area (Å²) in [4.78, 5) is 0. The molecule has 0 bridgehead atoms. The summed E-state index contributed by atoms with van der Waals surface area (Å²) in [6.45, 7) is 13.1. The molecule has 0 aromatic heterocycles. The van der Waals surface area contributed by atoms with E-state index >= 15 is 0 Å². The number of aromatic hydroxyl groups is 1. The van der Waals surface area contributed by atoms with Gasteiger partial charge in [-0.1, -0.05) is 66.5 Å². The minimum absolute atomic E-state index is 0. The van der Waals surface area contributed by atoms with E-state index in [4.69, 9.17) is 11.5 Å². The van der Waals surface area contributed by atoms with Crippen LogP contribution in [0.4, 0.5) is 0 Å². The Morgan fingerprint density at radius 3 is 2.16 bits per heavy atom. The van der Waals surface area contributed by atoms with Crippen LogP contribution in [0.1, 0.15) is 83.9 Å². The van der Waals surface area contributed by atoms with Gasteiger partial charge in [-0.05, 0) is 46.8 Å². The summed E-state index contributed by atoms with van der Waals surface area (Å²) in [6.07, 6.45) is 4.82. The number of hydrogen-bond donors (Lipinski definition) is 3. The van der Waals surface area contributed by atoms with E-state index in [0.717, 1.165) is 36.8 Å². The first-order valence-electron chi connectivity index (χ1n) is 9.26. The molecule has 5 N–H and O–H groups in total.